The normalized spacial score (nSPS) is 32.5. The standard InChI is InChI=1S/C35H55N3O7/c1-26(11-14-30-21-35(25-43-35)24-34(3,4)45-30)12-16-32-41-22-28(23-42-32)36-31(39)15-13-27(2)44-33(40)38-19-17-37(18-20-38)29-9-7-5-6-8-10-29/h11-15,27-30,32H,5-10,16-25H2,1-4H3,(H,36,39)/b14-11+,15-13-,26-12+/t27-,28?,30+,32?,35+/m0/s1. The third-order valence-electron chi connectivity index (χ3n) is 9.58. The van der Waals surface area contributed by atoms with Crippen molar-refractivity contribution in [2.45, 2.75) is 127 Å². The van der Waals surface area contributed by atoms with E-state index in [2.05, 4.69) is 49.2 Å². The van der Waals surface area contributed by atoms with Gasteiger partial charge in [0.1, 0.15) is 6.10 Å². The Hall–Kier alpha value is -2.24. The van der Waals surface area contributed by atoms with Crippen LogP contribution < -0.4 is 5.32 Å². The van der Waals surface area contributed by atoms with Gasteiger partial charge >= 0.3 is 6.09 Å². The van der Waals surface area contributed by atoms with Crippen molar-refractivity contribution in [3.8, 4) is 0 Å². The van der Waals surface area contributed by atoms with Crippen LogP contribution in [-0.2, 0) is 28.5 Å². The number of allylic oxidation sites excluding steroid dienone is 2. The topological polar surface area (TPSA) is 102 Å². The lowest BCUT2D eigenvalue weighted by atomic mass is 9.85. The van der Waals surface area contributed by atoms with Gasteiger partial charge in [0, 0.05) is 57.6 Å². The second kappa shape index (κ2) is 15.6. The van der Waals surface area contributed by atoms with Gasteiger partial charge in [0.05, 0.1) is 43.2 Å². The van der Waals surface area contributed by atoms with Crippen LogP contribution in [0.3, 0.4) is 0 Å². The summed E-state index contributed by atoms with van der Waals surface area (Å²) in [5.74, 6) is -0.266. The molecule has 45 heavy (non-hydrogen) atoms. The minimum atomic E-state index is -0.505. The molecule has 2 amide bonds. The molecule has 0 unspecified atom stereocenters. The van der Waals surface area contributed by atoms with E-state index in [1.807, 2.05) is 0 Å². The fourth-order valence-electron chi connectivity index (χ4n) is 7.15. The van der Waals surface area contributed by atoms with Crippen LogP contribution in [0.15, 0.2) is 36.0 Å². The third-order valence-corrected chi connectivity index (χ3v) is 9.58. The minimum Gasteiger partial charge on any atom is -0.442 e. The van der Waals surface area contributed by atoms with E-state index >= 15 is 0 Å². The summed E-state index contributed by atoms with van der Waals surface area (Å²) in [7, 11) is 0. The highest BCUT2D eigenvalue weighted by atomic mass is 16.7. The van der Waals surface area contributed by atoms with Gasteiger partial charge in [-0.25, -0.2) is 4.79 Å². The third kappa shape index (κ3) is 10.6. The first-order valence-electron chi connectivity index (χ1n) is 17.2. The van der Waals surface area contributed by atoms with Crippen LogP contribution in [0.5, 0.6) is 0 Å². The van der Waals surface area contributed by atoms with Crippen molar-refractivity contribution >= 4 is 12.0 Å². The summed E-state index contributed by atoms with van der Waals surface area (Å²) >= 11 is 0. The average molecular weight is 630 g/mol. The van der Waals surface area contributed by atoms with Gasteiger partial charge in [0.2, 0.25) is 5.91 Å². The Labute approximate surface area is 269 Å². The van der Waals surface area contributed by atoms with E-state index in [0.717, 1.165) is 38.1 Å². The van der Waals surface area contributed by atoms with E-state index in [4.69, 9.17) is 23.7 Å². The lowest BCUT2D eigenvalue weighted by Gasteiger charge is -2.38. The lowest BCUT2D eigenvalue weighted by Crippen LogP contribution is -2.52. The van der Waals surface area contributed by atoms with Crippen LogP contribution in [0.25, 0.3) is 0 Å². The summed E-state index contributed by atoms with van der Waals surface area (Å²) in [6.07, 6.45) is 18.6. The van der Waals surface area contributed by atoms with Crippen molar-refractivity contribution in [1.82, 2.24) is 15.1 Å². The van der Waals surface area contributed by atoms with E-state index in [1.165, 1.54) is 44.6 Å². The Balaban J connectivity index is 0.948. The smallest absolute Gasteiger partial charge is 0.410 e. The van der Waals surface area contributed by atoms with Crippen molar-refractivity contribution in [3.05, 3.63) is 36.0 Å². The average Bonchev–Trinajstić information content (AvgIpc) is 3.80. The molecule has 0 bridgehead atoms. The molecule has 0 radical (unpaired) electrons. The van der Waals surface area contributed by atoms with Crippen LogP contribution in [0.1, 0.15) is 85.5 Å². The van der Waals surface area contributed by atoms with E-state index in [-0.39, 0.29) is 41.6 Å². The second-order valence-electron chi connectivity index (χ2n) is 14.2. The van der Waals surface area contributed by atoms with Gasteiger partial charge in [-0.3, -0.25) is 9.69 Å². The highest BCUT2D eigenvalue weighted by Crippen LogP contribution is 2.46. The number of epoxide rings is 1. The number of hydrogen-bond acceptors (Lipinski definition) is 8. The number of hydrogen-bond donors (Lipinski definition) is 1. The first-order chi connectivity index (χ1) is 21.6. The van der Waals surface area contributed by atoms with Gasteiger partial charge in [-0.1, -0.05) is 49.5 Å². The van der Waals surface area contributed by atoms with E-state index < -0.39 is 6.10 Å². The van der Waals surface area contributed by atoms with Gasteiger partial charge in [-0.05, 0) is 46.6 Å². The van der Waals surface area contributed by atoms with Crippen molar-refractivity contribution in [2.75, 3.05) is 46.0 Å². The summed E-state index contributed by atoms with van der Waals surface area (Å²) in [6.45, 7) is 12.8. The number of nitrogens with zero attached hydrogens (tertiary/aromatic N) is 2. The van der Waals surface area contributed by atoms with E-state index in [9.17, 15) is 9.59 Å². The molecule has 10 nitrogen and oxygen atoms in total. The van der Waals surface area contributed by atoms with Crippen LogP contribution in [0.4, 0.5) is 4.79 Å². The fraction of sp³-hybridized carbons (Fsp3) is 0.771. The zero-order chi connectivity index (χ0) is 31.9. The molecule has 4 aliphatic heterocycles. The summed E-state index contributed by atoms with van der Waals surface area (Å²) < 4.78 is 29.3. The first kappa shape index (κ1) is 34.1. The Bertz CT molecular complexity index is 1070. The monoisotopic (exact) mass is 629 g/mol. The largest absolute Gasteiger partial charge is 0.442 e. The summed E-state index contributed by atoms with van der Waals surface area (Å²) in [4.78, 5) is 29.5. The zero-order valence-corrected chi connectivity index (χ0v) is 27.8. The predicted octanol–water partition coefficient (Wildman–Crippen LogP) is 4.89. The molecule has 252 valence electrons. The predicted molar refractivity (Wildman–Crippen MR) is 172 cm³/mol. The highest BCUT2D eigenvalue weighted by molar-refractivity contribution is 5.87. The maximum atomic E-state index is 12.7. The number of carbonyl (C=O) groups excluding carboxylic acids is 2. The number of ether oxygens (including phenoxy) is 5. The van der Waals surface area contributed by atoms with Crippen LogP contribution in [-0.4, -0.2) is 110 Å². The molecule has 5 aliphatic rings. The van der Waals surface area contributed by atoms with Gasteiger partial charge in [-0.15, -0.1) is 0 Å². The maximum Gasteiger partial charge on any atom is 0.410 e. The Morgan fingerprint density at radius 1 is 1.02 bits per heavy atom. The molecule has 5 rings (SSSR count). The number of carbonyl (C=O) groups is 2. The molecule has 3 atom stereocenters. The Morgan fingerprint density at radius 3 is 2.38 bits per heavy atom. The van der Waals surface area contributed by atoms with Gasteiger partial charge < -0.3 is 33.9 Å². The molecule has 1 aliphatic carbocycles. The molecule has 0 aromatic carbocycles. The first-order valence-corrected chi connectivity index (χ1v) is 17.2. The molecule has 0 aromatic rings. The number of amides is 2. The van der Waals surface area contributed by atoms with Crippen molar-refractivity contribution < 1.29 is 33.3 Å². The van der Waals surface area contributed by atoms with E-state index in [1.54, 1.807) is 17.9 Å². The molecular weight excluding hydrogens is 574 g/mol. The minimum absolute atomic E-state index is 0.00841. The summed E-state index contributed by atoms with van der Waals surface area (Å²) in [6, 6.07) is 0.418. The molecule has 4 heterocycles. The maximum absolute atomic E-state index is 12.7. The zero-order valence-electron chi connectivity index (χ0n) is 27.8. The molecule has 0 aromatic heterocycles. The lowest BCUT2D eigenvalue weighted by molar-refractivity contribution is -0.187. The van der Waals surface area contributed by atoms with Gasteiger partial charge in [0.25, 0.3) is 0 Å². The van der Waals surface area contributed by atoms with Gasteiger partial charge in [-0.2, -0.15) is 0 Å². The molecule has 1 N–H and O–H groups in total. The molecule has 10 heteroatoms. The SMILES string of the molecule is CC(/C=C/[C@@H]1C[C@]2(CO2)CC(C)(C)O1)=C\CC1OCC(NC(=O)/C=C\[C@H](C)OC(=O)N2CCN(C3CCCCCC3)CC2)CO1. The summed E-state index contributed by atoms with van der Waals surface area (Å²) in [5.41, 5.74) is 0.947. The van der Waals surface area contributed by atoms with Gasteiger partial charge in [0.15, 0.2) is 6.29 Å². The van der Waals surface area contributed by atoms with Crippen molar-refractivity contribution in [2.24, 2.45) is 0 Å². The van der Waals surface area contributed by atoms with Crippen LogP contribution >= 0.6 is 0 Å². The van der Waals surface area contributed by atoms with Crippen molar-refractivity contribution in [1.29, 1.82) is 0 Å². The molecule has 1 spiro atoms. The summed E-state index contributed by atoms with van der Waals surface area (Å²) in [5, 5.41) is 2.91. The number of piperazine rings is 1. The molecular formula is C35H55N3O7. The molecule has 5 fully saturated rings. The van der Waals surface area contributed by atoms with Crippen molar-refractivity contribution in [3.63, 3.8) is 0 Å². The quantitative estimate of drug-likeness (QED) is 0.167. The molecule has 1 saturated carbocycles. The number of nitrogens with one attached hydrogen (secondary N) is 1. The van der Waals surface area contributed by atoms with Crippen LogP contribution in [0.2, 0.25) is 0 Å². The second-order valence-corrected chi connectivity index (χ2v) is 14.2. The fourth-order valence-corrected chi connectivity index (χ4v) is 7.15. The number of rotatable bonds is 9. The Morgan fingerprint density at radius 2 is 1.71 bits per heavy atom. The molecule has 4 saturated heterocycles. The van der Waals surface area contributed by atoms with Crippen LogP contribution in [0, 0.1) is 0 Å². The van der Waals surface area contributed by atoms with E-state index in [0.29, 0.717) is 38.8 Å². The Kier molecular flexibility index (Phi) is 11.8. The highest BCUT2D eigenvalue weighted by Gasteiger charge is 2.53.